The Morgan fingerprint density at radius 2 is 1.50 bits per heavy atom. The van der Waals surface area contributed by atoms with Gasteiger partial charge in [-0.25, -0.2) is 0 Å². The zero-order valence-corrected chi connectivity index (χ0v) is 12.3. The lowest BCUT2D eigenvalue weighted by Crippen LogP contribution is -2.52. The molecule has 2 aliphatic rings. The summed E-state index contributed by atoms with van der Waals surface area (Å²) in [5.41, 5.74) is 0. The van der Waals surface area contributed by atoms with Gasteiger partial charge in [-0.2, -0.15) is 0 Å². The molecule has 0 aromatic heterocycles. The molecule has 0 N–H and O–H groups in total. The normalized spacial score (nSPS) is 23.4. The molecule has 0 aromatic rings. The van der Waals surface area contributed by atoms with E-state index in [1.807, 2.05) is 4.90 Å². The van der Waals surface area contributed by atoms with Crippen LogP contribution in [0.3, 0.4) is 0 Å². The number of carbonyl (C=O) groups excluding carboxylic acids is 1. The standard InChI is InChI=1S/C11H21N3O.C3H8/c1-12-6-8-14(9-7-12)11-2-4-13(10-15)5-3-11;1-3-2/h10-11H,2-9H2,1H3;3H2,1-2H3. The average Bonchev–Trinajstić information content (AvgIpc) is 2.41. The van der Waals surface area contributed by atoms with Gasteiger partial charge in [0.2, 0.25) is 6.41 Å². The van der Waals surface area contributed by atoms with Gasteiger partial charge >= 0.3 is 0 Å². The molecule has 0 aromatic carbocycles. The van der Waals surface area contributed by atoms with Crippen molar-refractivity contribution in [3.05, 3.63) is 0 Å². The largest absolute Gasteiger partial charge is 0.345 e. The summed E-state index contributed by atoms with van der Waals surface area (Å²) in [6.07, 6.45) is 4.55. The molecule has 0 aliphatic carbocycles. The molecule has 0 radical (unpaired) electrons. The van der Waals surface area contributed by atoms with E-state index < -0.39 is 0 Å². The Morgan fingerprint density at radius 3 is 1.94 bits per heavy atom. The summed E-state index contributed by atoms with van der Waals surface area (Å²) in [6, 6.07) is 0.717. The minimum Gasteiger partial charge on any atom is -0.345 e. The second kappa shape index (κ2) is 8.48. The van der Waals surface area contributed by atoms with Crippen LogP contribution in [0.1, 0.15) is 33.1 Å². The molecule has 106 valence electrons. The molecule has 2 saturated heterocycles. The summed E-state index contributed by atoms with van der Waals surface area (Å²) >= 11 is 0. The van der Waals surface area contributed by atoms with Crippen molar-refractivity contribution in [2.45, 2.75) is 39.2 Å². The van der Waals surface area contributed by atoms with Crippen molar-refractivity contribution >= 4 is 6.41 Å². The minimum absolute atomic E-state index is 0.717. The van der Waals surface area contributed by atoms with Crippen LogP contribution in [-0.4, -0.2) is 73.5 Å². The number of rotatable bonds is 2. The fraction of sp³-hybridized carbons (Fsp3) is 0.929. The first-order valence-electron chi connectivity index (χ1n) is 7.33. The summed E-state index contributed by atoms with van der Waals surface area (Å²) in [7, 11) is 2.19. The van der Waals surface area contributed by atoms with Crippen molar-refractivity contribution in [2.75, 3.05) is 46.3 Å². The molecule has 2 heterocycles. The molecule has 0 atom stereocenters. The van der Waals surface area contributed by atoms with Gasteiger partial charge in [0.15, 0.2) is 0 Å². The van der Waals surface area contributed by atoms with Crippen molar-refractivity contribution < 1.29 is 4.79 Å². The van der Waals surface area contributed by atoms with Crippen LogP contribution in [0.5, 0.6) is 0 Å². The molecule has 0 unspecified atom stereocenters. The van der Waals surface area contributed by atoms with Crippen LogP contribution in [0.25, 0.3) is 0 Å². The van der Waals surface area contributed by atoms with Crippen molar-refractivity contribution in [3.8, 4) is 0 Å². The zero-order valence-electron chi connectivity index (χ0n) is 12.3. The third kappa shape index (κ3) is 4.94. The highest BCUT2D eigenvalue weighted by atomic mass is 16.1. The second-order valence-corrected chi connectivity index (χ2v) is 5.42. The third-order valence-corrected chi connectivity index (χ3v) is 3.70. The average molecular weight is 255 g/mol. The van der Waals surface area contributed by atoms with Gasteiger partial charge in [-0.3, -0.25) is 9.69 Å². The summed E-state index contributed by atoms with van der Waals surface area (Å²) in [5, 5.41) is 0. The number of amides is 1. The Kier molecular flexibility index (Phi) is 7.28. The van der Waals surface area contributed by atoms with Gasteiger partial charge in [-0.1, -0.05) is 20.3 Å². The minimum atomic E-state index is 0.717. The lowest BCUT2D eigenvalue weighted by molar-refractivity contribution is -0.119. The van der Waals surface area contributed by atoms with E-state index in [0.717, 1.165) is 38.4 Å². The Hall–Kier alpha value is -0.610. The van der Waals surface area contributed by atoms with E-state index in [-0.39, 0.29) is 0 Å². The van der Waals surface area contributed by atoms with Gasteiger partial charge < -0.3 is 9.80 Å². The van der Waals surface area contributed by atoms with Crippen LogP contribution in [-0.2, 0) is 4.79 Å². The summed E-state index contributed by atoms with van der Waals surface area (Å²) in [5.74, 6) is 0. The topological polar surface area (TPSA) is 26.8 Å². The number of hydrogen-bond acceptors (Lipinski definition) is 3. The first kappa shape index (κ1) is 15.4. The molecule has 0 saturated carbocycles. The van der Waals surface area contributed by atoms with Crippen LogP contribution in [0.15, 0.2) is 0 Å². The molecule has 1 amide bonds. The first-order chi connectivity index (χ1) is 8.71. The van der Waals surface area contributed by atoms with Gasteiger partial charge in [0.25, 0.3) is 0 Å². The van der Waals surface area contributed by atoms with Gasteiger partial charge in [-0.05, 0) is 19.9 Å². The van der Waals surface area contributed by atoms with E-state index in [1.165, 1.54) is 32.6 Å². The number of piperidine rings is 1. The molecule has 2 fully saturated rings. The van der Waals surface area contributed by atoms with Crippen LogP contribution < -0.4 is 0 Å². The predicted octanol–water partition coefficient (Wildman–Crippen LogP) is 1.27. The molecule has 0 bridgehead atoms. The SMILES string of the molecule is CCC.CN1CCN(C2CCN(C=O)CC2)CC1. The molecule has 4 heteroatoms. The van der Waals surface area contributed by atoms with Gasteiger partial charge in [0.05, 0.1) is 0 Å². The highest BCUT2D eigenvalue weighted by Gasteiger charge is 2.25. The van der Waals surface area contributed by atoms with Gasteiger partial charge in [0.1, 0.15) is 0 Å². The van der Waals surface area contributed by atoms with E-state index in [2.05, 4.69) is 30.7 Å². The van der Waals surface area contributed by atoms with Crippen molar-refractivity contribution in [1.29, 1.82) is 0 Å². The lowest BCUT2D eigenvalue weighted by Gasteiger charge is -2.41. The second-order valence-electron chi connectivity index (χ2n) is 5.42. The van der Waals surface area contributed by atoms with Gasteiger partial charge in [0, 0.05) is 45.3 Å². The number of carbonyl (C=O) groups is 1. The number of likely N-dealkylation sites (tertiary alicyclic amines) is 1. The fourth-order valence-corrected chi connectivity index (χ4v) is 2.54. The maximum atomic E-state index is 10.6. The Bertz CT molecular complexity index is 219. The smallest absolute Gasteiger partial charge is 0.209 e. The zero-order chi connectivity index (χ0) is 13.4. The van der Waals surface area contributed by atoms with Crippen molar-refractivity contribution in [3.63, 3.8) is 0 Å². The van der Waals surface area contributed by atoms with E-state index in [4.69, 9.17) is 0 Å². The van der Waals surface area contributed by atoms with Crippen molar-refractivity contribution in [2.24, 2.45) is 0 Å². The molecular weight excluding hydrogens is 226 g/mol. The lowest BCUT2D eigenvalue weighted by atomic mass is 10.0. The predicted molar refractivity (Wildman–Crippen MR) is 75.7 cm³/mol. The maximum Gasteiger partial charge on any atom is 0.209 e. The van der Waals surface area contributed by atoms with Crippen LogP contribution >= 0.6 is 0 Å². The highest BCUT2D eigenvalue weighted by Crippen LogP contribution is 2.16. The Morgan fingerprint density at radius 1 is 1.00 bits per heavy atom. The van der Waals surface area contributed by atoms with E-state index >= 15 is 0 Å². The van der Waals surface area contributed by atoms with E-state index in [0.29, 0.717) is 0 Å². The fourth-order valence-electron chi connectivity index (χ4n) is 2.54. The van der Waals surface area contributed by atoms with Crippen LogP contribution in [0, 0.1) is 0 Å². The third-order valence-electron chi connectivity index (χ3n) is 3.70. The summed E-state index contributed by atoms with van der Waals surface area (Å²) in [6.45, 7) is 10.9. The molecule has 2 aliphatic heterocycles. The molecule has 4 nitrogen and oxygen atoms in total. The molecule has 0 spiro atoms. The molecular formula is C14H29N3O. The van der Waals surface area contributed by atoms with Crippen LogP contribution in [0.4, 0.5) is 0 Å². The van der Waals surface area contributed by atoms with Crippen molar-refractivity contribution in [1.82, 2.24) is 14.7 Å². The quantitative estimate of drug-likeness (QED) is 0.695. The number of likely N-dealkylation sites (N-methyl/N-ethyl adjacent to an activating group) is 1. The monoisotopic (exact) mass is 255 g/mol. The number of piperazine rings is 1. The maximum absolute atomic E-state index is 10.6. The highest BCUT2D eigenvalue weighted by molar-refractivity contribution is 5.47. The molecule has 2 rings (SSSR count). The van der Waals surface area contributed by atoms with E-state index in [9.17, 15) is 4.79 Å². The summed E-state index contributed by atoms with van der Waals surface area (Å²) in [4.78, 5) is 17.5. The molecule has 18 heavy (non-hydrogen) atoms. The number of hydrogen-bond donors (Lipinski definition) is 0. The van der Waals surface area contributed by atoms with E-state index in [1.54, 1.807) is 0 Å². The number of nitrogens with zero attached hydrogens (tertiary/aromatic N) is 3. The first-order valence-corrected chi connectivity index (χ1v) is 7.33. The van der Waals surface area contributed by atoms with Gasteiger partial charge in [-0.15, -0.1) is 0 Å². The summed E-state index contributed by atoms with van der Waals surface area (Å²) < 4.78 is 0. The Balaban J connectivity index is 0.000000492. The van der Waals surface area contributed by atoms with Crippen LogP contribution in [0.2, 0.25) is 0 Å². The Labute approximate surface area is 112 Å².